The van der Waals surface area contributed by atoms with E-state index < -0.39 is 6.04 Å². The first-order valence-corrected chi connectivity index (χ1v) is 11.2. The highest BCUT2D eigenvalue weighted by Crippen LogP contribution is 2.60. The van der Waals surface area contributed by atoms with Crippen LogP contribution in [0.3, 0.4) is 0 Å². The van der Waals surface area contributed by atoms with Crippen LogP contribution in [-0.2, 0) is 30.5 Å². The van der Waals surface area contributed by atoms with E-state index in [0.29, 0.717) is 13.0 Å². The Morgan fingerprint density at radius 2 is 2.00 bits per heavy atom. The third-order valence-electron chi connectivity index (χ3n) is 6.84. The second-order valence-corrected chi connectivity index (χ2v) is 9.68. The van der Waals surface area contributed by atoms with Gasteiger partial charge in [-0.1, -0.05) is 52.9 Å². The van der Waals surface area contributed by atoms with Crippen molar-refractivity contribution in [2.24, 2.45) is 23.7 Å². The fraction of sp³-hybridized carbons (Fsp3) is 0.571. The molecule has 1 amide bonds. The maximum absolute atomic E-state index is 13.4. The second-order valence-electron chi connectivity index (χ2n) is 8.24. The van der Waals surface area contributed by atoms with Crippen LogP contribution in [0.4, 0.5) is 0 Å². The molecule has 5 rings (SSSR count). The first-order chi connectivity index (χ1) is 13.6. The van der Waals surface area contributed by atoms with Crippen LogP contribution in [0.1, 0.15) is 24.8 Å². The molecule has 0 spiro atoms. The lowest BCUT2D eigenvalue weighted by atomic mass is 9.79. The average Bonchev–Trinajstić information content (AvgIpc) is 3.44. The Hall–Kier alpha value is -1.64. The van der Waals surface area contributed by atoms with Crippen molar-refractivity contribution in [1.82, 2.24) is 4.90 Å². The number of ether oxygens (including phenoxy) is 2. The van der Waals surface area contributed by atoms with E-state index in [2.05, 4.69) is 22.6 Å². The van der Waals surface area contributed by atoms with Crippen LogP contribution in [-0.4, -0.2) is 45.4 Å². The Labute approximate surface area is 177 Å². The van der Waals surface area contributed by atoms with Crippen LogP contribution >= 0.6 is 22.6 Å². The smallest absolute Gasteiger partial charge is 0.329 e. The predicted molar refractivity (Wildman–Crippen MR) is 107 cm³/mol. The molecule has 4 aliphatic rings. The minimum atomic E-state index is -0.545. The molecule has 2 saturated carbocycles. The zero-order chi connectivity index (χ0) is 19.4. The third-order valence-corrected chi connectivity index (χ3v) is 8.47. The van der Waals surface area contributed by atoms with Gasteiger partial charge in [0.1, 0.15) is 18.8 Å². The molecular weight excluding hydrogens is 473 g/mol. The predicted octanol–water partition coefficient (Wildman–Crippen LogP) is 2.33. The molecule has 2 aliphatic carbocycles. The quantitative estimate of drug-likeness (QED) is 0.365. The maximum atomic E-state index is 13.4. The third kappa shape index (κ3) is 2.76. The largest absolute Gasteiger partial charge is 0.461 e. The fourth-order valence-electron chi connectivity index (χ4n) is 5.60. The minimum absolute atomic E-state index is 0.0302. The van der Waals surface area contributed by atoms with Crippen LogP contribution < -0.4 is 0 Å². The van der Waals surface area contributed by atoms with Gasteiger partial charge in [-0.25, -0.2) is 4.79 Å². The van der Waals surface area contributed by atoms with E-state index in [4.69, 9.17) is 9.47 Å². The van der Waals surface area contributed by atoms with Crippen molar-refractivity contribution in [2.75, 3.05) is 6.54 Å². The lowest BCUT2D eigenvalue weighted by Gasteiger charge is -2.32. The van der Waals surface area contributed by atoms with E-state index in [-0.39, 0.29) is 58.2 Å². The van der Waals surface area contributed by atoms with E-state index >= 15 is 0 Å². The molecule has 148 valence electrons. The van der Waals surface area contributed by atoms with Crippen molar-refractivity contribution in [2.45, 2.75) is 41.9 Å². The molecule has 7 atom stereocenters. The van der Waals surface area contributed by atoms with Gasteiger partial charge >= 0.3 is 11.9 Å². The van der Waals surface area contributed by atoms with Crippen LogP contribution in [0.25, 0.3) is 0 Å². The summed E-state index contributed by atoms with van der Waals surface area (Å²) in [7, 11) is 0. The van der Waals surface area contributed by atoms with Gasteiger partial charge in [0.2, 0.25) is 5.91 Å². The summed E-state index contributed by atoms with van der Waals surface area (Å²) in [5.74, 6) is -0.972. The Balaban J connectivity index is 1.29. The van der Waals surface area contributed by atoms with Gasteiger partial charge in [0.05, 0.1) is 15.8 Å². The maximum Gasteiger partial charge on any atom is 0.329 e. The molecule has 2 bridgehead atoms. The number of nitrogens with zero attached hydrogens (tertiary/aromatic N) is 1. The monoisotopic (exact) mass is 495 g/mol. The first kappa shape index (κ1) is 18.4. The number of hydrogen-bond donors (Lipinski definition) is 0. The van der Waals surface area contributed by atoms with E-state index in [1.165, 1.54) is 0 Å². The summed E-state index contributed by atoms with van der Waals surface area (Å²) in [6.07, 6.45) is 2.24. The highest BCUT2D eigenvalue weighted by Gasteiger charge is 2.68. The Kier molecular flexibility index (Phi) is 4.60. The molecule has 0 aromatic heterocycles. The average molecular weight is 495 g/mol. The number of likely N-dealkylation sites (tertiary alicyclic amines) is 1. The van der Waals surface area contributed by atoms with E-state index in [1.54, 1.807) is 4.90 Å². The number of carbonyl (C=O) groups excluding carboxylic acids is 3. The number of benzene rings is 1. The van der Waals surface area contributed by atoms with Gasteiger partial charge in [-0.2, -0.15) is 0 Å². The minimum Gasteiger partial charge on any atom is -0.461 e. The number of esters is 2. The SMILES string of the molecule is O=C1O[C@@H]2[C@@H](I)[C@H]3C[C@@H]2[C@@H]1C3C(=O)N1CCC[C@H]1C(=O)OCc1ccccc1. The van der Waals surface area contributed by atoms with Crippen molar-refractivity contribution in [3.8, 4) is 0 Å². The fourth-order valence-corrected chi connectivity index (χ4v) is 7.02. The summed E-state index contributed by atoms with van der Waals surface area (Å²) in [6, 6.07) is 8.98. The lowest BCUT2D eigenvalue weighted by Crippen LogP contribution is -2.49. The van der Waals surface area contributed by atoms with Gasteiger partial charge in [0.15, 0.2) is 0 Å². The highest BCUT2D eigenvalue weighted by atomic mass is 127. The molecule has 2 heterocycles. The van der Waals surface area contributed by atoms with E-state index in [0.717, 1.165) is 18.4 Å². The summed E-state index contributed by atoms with van der Waals surface area (Å²) < 4.78 is 11.2. The molecule has 28 heavy (non-hydrogen) atoms. The normalized spacial score (nSPS) is 38.0. The number of hydrogen-bond acceptors (Lipinski definition) is 5. The number of alkyl halides is 1. The molecule has 1 aromatic rings. The summed E-state index contributed by atoms with van der Waals surface area (Å²) in [5.41, 5.74) is 0.923. The van der Waals surface area contributed by atoms with Gasteiger partial charge in [0.25, 0.3) is 0 Å². The van der Waals surface area contributed by atoms with Crippen molar-refractivity contribution >= 4 is 40.4 Å². The lowest BCUT2D eigenvalue weighted by molar-refractivity contribution is -0.157. The van der Waals surface area contributed by atoms with E-state index in [9.17, 15) is 14.4 Å². The Morgan fingerprint density at radius 1 is 1.21 bits per heavy atom. The number of fused-ring (bicyclic) bond motifs is 1. The molecule has 2 saturated heterocycles. The molecule has 0 N–H and O–H groups in total. The van der Waals surface area contributed by atoms with Crippen molar-refractivity contribution < 1.29 is 23.9 Å². The molecule has 1 aromatic carbocycles. The highest BCUT2D eigenvalue weighted by molar-refractivity contribution is 14.1. The van der Waals surface area contributed by atoms with Gasteiger partial charge in [-0.15, -0.1) is 0 Å². The topological polar surface area (TPSA) is 72.9 Å². The molecular formula is C21H22INO5. The molecule has 6 nitrogen and oxygen atoms in total. The van der Waals surface area contributed by atoms with E-state index in [1.807, 2.05) is 30.3 Å². The van der Waals surface area contributed by atoms with Crippen molar-refractivity contribution in [1.29, 1.82) is 0 Å². The van der Waals surface area contributed by atoms with Gasteiger partial charge < -0.3 is 14.4 Å². The Morgan fingerprint density at radius 3 is 2.79 bits per heavy atom. The summed E-state index contributed by atoms with van der Waals surface area (Å²) in [5, 5.41) is 0. The second kappa shape index (κ2) is 7.00. The molecule has 0 radical (unpaired) electrons. The number of halogens is 1. The van der Waals surface area contributed by atoms with Crippen LogP contribution in [0.15, 0.2) is 30.3 Å². The zero-order valence-electron chi connectivity index (χ0n) is 15.3. The Bertz CT molecular complexity index is 814. The van der Waals surface area contributed by atoms with Crippen LogP contribution in [0.2, 0.25) is 0 Å². The number of carbonyl (C=O) groups is 3. The summed E-state index contributed by atoms with van der Waals surface area (Å²) in [4.78, 5) is 40.1. The van der Waals surface area contributed by atoms with Gasteiger partial charge in [-0.3, -0.25) is 9.59 Å². The number of amides is 1. The molecule has 4 fully saturated rings. The van der Waals surface area contributed by atoms with Crippen LogP contribution in [0, 0.1) is 23.7 Å². The first-order valence-electron chi connectivity index (χ1n) is 9.92. The molecule has 7 heteroatoms. The van der Waals surface area contributed by atoms with Crippen molar-refractivity contribution in [3.05, 3.63) is 35.9 Å². The van der Waals surface area contributed by atoms with Crippen molar-refractivity contribution in [3.63, 3.8) is 0 Å². The van der Waals surface area contributed by atoms with Crippen LogP contribution in [0.5, 0.6) is 0 Å². The summed E-state index contributed by atoms with van der Waals surface area (Å²) >= 11 is 2.33. The standard InChI is InChI=1S/C21H22INO5/c22-17-12-9-13-16(21(26)28-18(13)17)15(12)19(24)23-8-4-7-14(23)20(25)27-10-11-5-2-1-3-6-11/h1-3,5-6,12-18H,4,7-10H2/t12-,13+,14-,15?,16+,17-,18-/m0/s1. The zero-order valence-corrected chi connectivity index (χ0v) is 17.5. The molecule has 2 aliphatic heterocycles. The van der Waals surface area contributed by atoms with Gasteiger partial charge in [-0.05, 0) is 30.7 Å². The number of rotatable bonds is 4. The molecule has 1 unspecified atom stereocenters. The summed E-state index contributed by atoms with van der Waals surface area (Å²) in [6.45, 7) is 0.758. The van der Waals surface area contributed by atoms with Gasteiger partial charge in [0, 0.05) is 12.5 Å².